The van der Waals surface area contributed by atoms with Crippen molar-refractivity contribution in [3.63, 3.8) is 0 Å². The van der Waals surface area contributed by atoms with E-state index in [4.69, 9.17) is 0 Å². The van der Waals surface area contributed by atoms with E-state index in [1.54, 1.807) is 12.1 Å². The fourth-order valence-electron chi connectivity index (χ4n) is 2.93. The molecule has 114 valence electrons. The summed E-state index contributed by atoms with van der Waals surface area (Å²) in [6, 6.07) is 14.8. The maximum atomic E-state index is 12.3. The van der Waals surface area contributed by atoms with Gasteiger partial charge in [-0.2, -0.15) is 5.10 Å². The topological polar surface area (TPSA) is 66.6 Å². The van der Waals surface area contributed by atoms with E-state index >= 15 is 0 Å². The highest BCUT2D eigenvalue weighted by atomic mass is 16.3. The maximum absolute atomic E-state index is 12.3. The molecule has 0 saturated carbocycles. The molecule has 3 aromatic rings. The first-order valence-electron chi connectivity index (χ1n) is 7.46. The summed E-state index contributed by atoms with van der Waals surface area (Å²) < 4.78 is 2.10. The zero-order valence-corrected chi connectivity index (χ0v) is 12.4. The number of aromatic nitrogens is 1. The first kappa shape index (κ1) is 13.6. The monoisotopic (exact) mass is 305 g/mol. The molecule has 5 heteroatoms. The molecular formula is C18H15N3O2. The van der Waals surface area contributed by atoms with E-state index < -0.39 is 5.91 Å². The number of amides is 1. The van der Waals surface area contributed by atoms with Crippen molar-refractivity contribution >= 4 is 22.4 Å². The van der Waals surface area contributed by atoms with Crippen molar-refractivity contribution in [2.45, 2.75) is 13.0 Å². The predicted octanol–water partition coefficient (Wildman–Crippen LogP) is 2.88. The zero-order chi connectivity index (χ0) is 15.8. The van der Waals surface area contributed by atoms with E-state index in [1.807, 2.05) is 42.6 Å². The minimum absolute atomic E-state index is 0.0452. The van der Waals surface area contributed by atoms with E-state index in [1.165, 1.54) is 0 Å². The van der Waals surface area contributed by atoms with Crippen LogP contribution in [-0.2, 0) is 6.54 Å². The maximum Gasteiger partial charge on any atom is 0.275 e. The van der Waals surface area contributed by atoms with Crippen molar-refractivity contribution in [2.75, 3.05) is 0 Å². The number of carbonyl (C=O) groups is 1. The third-order valence-electron chi connectivity index (χ3n) is 4.12. The van der Waals surface area contributed by atoms with Crippen LogP contribution in [-0.4, -0.2) is 21.3 Å². The van der Waals surface area contributed by atoms with Crippen LogP contribution in [0.4, 0.5) is 0 Å². The molecule has 23 heavy (non-hydrogen) atoms. The lowest BCUT2D eigenvalue weighted by atomic mass is 10.1. The standard InChI is InChI=1S/C18H15N3O2/c22-17-11-13-5-2-1-4-12(13)10-14(17)18(23)20-19-15-7-9-21-8-3-6-16(15)21/h1-6,8,10-11,22H,7,9H2,(H,20,23). The average Bonchev–Trinajstić information content (AvgIpc) is 3.15. The lowest BCUT2D eigenvalue weighted by molar-refractivity contribution is 0.0952. The quantitative estimate of drug-likeness (QED) is 0.715. The van der Waals surface area contributed by atoms with Crippen LogP contribution in [0.2, 0.25) is 0 Å². The van der Waals surface area contributed by atoms with Crippen LogP contribution in [0.3, 0.4) is 0 Å². The number of fused-ring (bicyclic) bond motifs is 2. The van der Waals surface area contributed by atoms with Gasteiger partial charge in [-0.1, -0.05) is 24.3 Å². The number of hydrogen-bond donors (Lipinski definition) is 2. The molecule has 1 aromatic heterocycles. The minimum Gasteiger partial charge on any atom is -0.507 e. The summed E-state index contributed by atoms with van der Waals surface area (Å²) in [7, 11) is 0. The van der Waals surface area contributed by atoms with Gasteiger partial charge in [-0.05, 0) is 35.0 Å². The number of hydrogen-bond acceptors (Lipinski definition) is 3. The average molecular weight is 305 g/mol. The van der Waals surface area contributed by atoms with Gasteiger partial charge in [0, 0.05) is 19.2 Å². The van der Waals surface area contributed by atoms with Crippen molar-refractivity contribution in [1.82, 2.24) is 9.99 Å². The third kappa shape index (κ3) is 2.36. The van der Waals surface area contributed by atoms with Crippen LogP contribution in [0, 0.1) is 0 Å². The molecule has 0 fully saturated rings. The van der Waals surface area contributed by atoms with Gasteiger partial charge in [0.2, 0.25) is 0 Å². The van der Waals surface area contributed by atoms with Crippen molar-refractivity contribution in [3.05, 3.63) is 66.0 Å². The van der Waals surface area contributed by atoms with Crippen LogP contribution in [0.25, 0.3) is 10.8 Å². The number of aromatic hydroxyl groups is 1. The van der Waals surface area contributed by atoms with Crippen LogP contribution in [0.5, 0.6) is 5.75 Å². The van der Waals surface area contributed by atoms with E-state index in [-0.39, 0.29) is 11.3 Å². The highest BCUT2D eigenvalue weighted by Crippen LogP contribution is 2.25. The summed E-state index contributed by atoms with van der Waals surface area (Å²) in [5.41, 5.74) is 4.65. The summed E-state index contributed by atoms with van der Waals surface area (Å²) in [6.07, 6.45) is 2.79. The number of phenols is 1. The van der Waals surface area contributed by atoms with Crippen LogP contribution in [0.1, 0.15) is 22.5 Å². The third-order valence-corrected chi connectivity index (χ3v) is 4.12. The Morgan fingerprint density at radius 3 is 2.74 bits per heavy atom. The van der Waals surface area contributed by atoms with Gasteiger partial charge in [0.05, 0.1) is 17.0 Å². The lowest BCUT2D eigenvalue weighted by Crippen LogP contribution is -2.19. The summed E-state index contributed by atoms with van der Waals surface area (Å²) in [5.74, 6) is -0.457. The first-order chi connectivity index (χ1) is 11.2. The molecule has 4 rings (SSSR count). The molecular weight excluding hydrogens is 290 g/mol. The van der Waals surface area contributed by atoms with Crippen molar-refractivity contribution in [3.8, 4) is 5.75 Å². The van der Waals surface area contributed by atoms with Gasteiger partial charge in [0.15, 0.2) is 0 Å². The zero-order valence-electron chi connectivity index (χ0n) is 12.4. The second-order valence-corrected chi connectivity index (χ2v) is 5.55. The van der Waals surface area contributed by atoms with Gasteiger partial charge in [-0.25, -0.2) is 5.43 Å². The molecule has 0 radical (unpaired) electrons. The second kappa shape index (κ2) is 5.28. The highest BCUT2D eigenvalue weighted by molar-refractivity contribution is 6.04. The van der Waals surface area contributed by atoms with Crippen LogP contribution >= 0.6 is 0 Å². The van der Waals surface area contributed by atoms with E-state index in [0.29, 0.717) is 0 Å². The molecule has 2 heterocycles. The number of nitrogens with zero attached hydrogens (tertiary/aromatic N) is 2. The molecule has 0 aliphatic carbocycles. The van der Waals surface area contributed by atoms with Gasteiger partial charge in [0.25, 0.3) is 5.91 Å². The smallest absolute Gasteiger partial charge is 0.275 e. The van der Waals surface area contributed by atoms with Crippen LogP contribution < -0.4 is 5.43 Å². The second-order valence-electron chi connectivity index (χ2n) is 5.55. The number of nitrogens with one attached hydrogen (secondary N) is 1. The Morgan fingerprint density at radius 2 is 1.91 bits per heavy atom. The van der Waals surface area contributed by atoms with Gasteiger partial charge < -0.3 is 9.67 Å². The fraction of sp³-hybridized carbons (Fsp3) is 0.111. The van der Waals surface area contributed by atoms with E-state index in [2.05, 4.69) is 15.1 Å². The molecule has 0 spiro atoms. The molecule has 0 atom stereocenters. The summed E-state index contributed by atoms with van der Waals surface area (Å²) >= 11 is 0. The Balaban J connectivity index is 1.62. The summed E-state index contributed by atoms with van der Waals surface area (Å²) in [5, 5.41) is 16.1. The Bertz CT molecular complexity index is 940. The lowest BCUT2D eigenvalue weighted by Gasteiger charge is -2.06. The Kier molecular flexibility index (Phi) is 3.12. The van der Waals surface area contributed by atoms with E-state index in [9.17, 15) is 9.90 Å². The summed E-state index contributed by atoms with van der Waals surface area (Å²) in [6.45, 7) is 0.873. The van der Waals surface area contributed by atoms with Gasteiger partial charge in [-0.15, -0.1) is 0 Å². The number of benzene rings is 2. The molecule has 2 aromatic carbocycles. The fourth-order valence-corrected chi connectivity index (χ4v) is 2.93. The largest absolute Gasteiger partial charge is 0.507 e. The SMILES string of the molecule is O=C(NN=C1CCn2cccc21)c1cc2ccccc2cc1O. The molecule has 0 bridgehead atoms. The normalized spacial score (nSPS) is 15.0. The van der Waals surface area contributed by atoms with E-state index in [0.717, 1.165) is 35.1 Å². The molecule has 1 amide bonds. The predicted molar refractivity (Wildman–Crippen MR) is 88.7 cm³/mol. The van der Waals surface area contributed by atoms with Gasteiger partial charge in [0.1, 0.15) is 5.75 Å². The van der Waals surface area contributed by atoms with Crippen molar-refractivity contribution in [1.29, 1.82) is 0 Å². The number of carbonyl (C=O) groups excluding carboxylic acids is 1. The van der Waals surface area contributed by atoms with Gasteiger partial charge >= 0.3 is 0 Å². The van der Waals surface area contributed by atoms with Crippen molar-refractivity contribution in [2.24, 2.45) is 5.10 Å². The molecule has 5 nitrogen and oxygen atoms in total. The first-order valence-corrected chi connectivity index (χ1v) is 7.46. The molecule has 0 saturated heterocycles. The van der Waals surface area contributed by atoms with Crippen molar-refractivity contribution < 1.29 is 9.90 Å². The van der Waals surface area contributed by atoms with Gasteiger partial charge in [-0.3, -0.25) is 4.79 Å². The Labute approximate surface area is 132 Å². The van der Waals surface area contributed by atoms with Crippen LogP contribution in [0.15, 0.2) is 59.8 Å². The molecule has 1 aliphatic rings. The Morgan fingerprint density at radius 1 is 1.13 bits per heavy atom. The molecule has 0 unspecified atom stereocenters. The Hall–Kier alpha value is -3.08. The minimum atomic E-state index is -0.411. The molecule has 2 N–H and O–H groups in total. The highest BCUT2D eigenvalue weighted by Gasteiger charge is 2.18. The number of hydrazone groups is 1. The number of rotatable bonds is 2. The number of phenolic OH excluding ortho intramolecular Hbond substituents is 1. The number of aryl methyl sites for hydroxylation is 1. The molecule has 1 aliphatic heterocycles. The summed E-state index contributed by atoms with van der Waals surface area (Å²) in [4.78, 5) is 12.3.